The van der Waals surface area contributed by atoms with Crippen LogP contribution in [0.15, 0.2) is 67.0 Å². The molecule has 3 rings (SSSR count). The Morgan fingerprint density at radius 1 is 0.963 bits per heavy atom. The van der Waals surface area contributed by atoms with Crippen LogP contribution < -0.4 is 5.32 Å². The van der Waals surface area contributed by atoms with E-state index in [2.05, 4.69) is 28.3 Å². The van der Waals surface area contributed by atoms with Gasteiger partial charge in [-0.15, -0.1) is 0 Å². The lowest BCUT2D eigenvalue weighted by Crippen LogP contribution is -2.18. The molecule has 0 amide bonds. The number of carbonyl (C=O) groups excluding carboxylic acids is 1. The minimum absolute atomic E-state index is 0.245. The number of hydrogen-bond acceptors (Lipinski definition) is 5. The molecule has 0 aliphatic rings. The first kappa shape index (κ1) is 18.7. The summed E-state index contributed by atoms with van der Waals surface area (Å²) in [7, 11) is 0. The smallest absolute Gasteiger partial charge is 0.340 e. The molecule has 2 heterocycles. The summed E-state index contributed by atoms with van der Waals surface area (Å²) in [6.07, 6.45) is 4.55. The highest BCUT2D eigenvalue weighted by molar-refractivity contribution is 5.90. The third-order valence-electron chi connectivity index (χ3n) is 4.22. The van der Waals surface area contributed by atoms with Crippen LogP contribution >= 0.6 is 0 Å². The Balaban J connectivity index is 1.57. The molecule has 0 fully saturated rings. The number of pyridine rings is 2. The van der Waals surface area contributed by atoms with Crippen molar-refractivity contribution in [3.8, 4) is 0 Å². The zero-order chi connectivity index (χ0) is 18.9. The van der Waals surface area contributed by atoms with E-state index in [9.17, 15) is 4.79 Å². The predicted octanol–water partition coefficient (Wildman–Crippen LogP) is 3.69. The maximum Gasteiger partial charge on any atom is 0.340 e. The van der Waals surface area contributed by atoms with Crippen molar-refractivity contribution in [1.29, 1.82) is 0 Å². The molecule has 0 aliphatic heterocycles. The maximum absolute atomic E-state index is 12.4. The summed E-state index contributed by atoms with van der Waals surface area (Å²) in [4.78, 5) is 21.2. The van der Waals surface area contributed by atoms with Gasteiger partial charge in [-0.1, -0.05) is 43.3 Å². The number of aromatic nitrogens is 2. The van der Waals surface area contributed by atoms with Gasteiger partial charge >= 0.3 is 5.97 Å². The number of aryl methyl sites for hydroxylation is 1. The molecule has 3 aromatic rings. The van der Waals surface area contributed by atoms with Crippen molar-refractivity contribution in [2.24, 2.45) is 0 Å². The zero-order valence-electron chi connectivity index (χ0n) is 15.4. The highest BCUT2D eigenvalue weighted by Gasteiger charge is 2.13. The average Bonchev–Trinajstić information content (AvgIpc) is 2.73. The fraction of sp³-hybridized carbons (Fsp3) is 0.227. The first-order chi connectivity index (χ1) is 13.3. The second-order valence-corrected chi connectivity index (χ2v) is 6.17. The molecule has 0 spiro atoms. The van der Waals surface area contributed by atoms with E-state index in [1.54, 1.807) is 18.3 Å². The first-order valence-corrected chi connectivity index (χ1v) is 9.05. The van der Waals surface area contributed by atoms with Crippen molar-refractivity contribution in [2.75, 3.05) is 0 Å². The Morgan fingerprint density at radius 3 is 2.56 bits per heavy atom. The Morgan fingerprint density at radius 2 is 1.81 bits per heavy atom. The minimum atomic E-state index is -0.367. The second-order valence-electron chi connectivity index (χ2n) is 6.17. The topological polar surface area (TPSA) is 64.1 Å². The van der Waals surface area contributed by atoms with E-state index in [0.717, 1.165) is 17.7 Å². The summed E-state index contributed by atoms with van der Waals surface area (Å²) in [5, 5.41) is 3.29. The van der Waals surface area contributed by atoms with Gasteiger partial charge < -0.3 is 10.1 Å². The average molecular weight is 361 g/mol. The molecule has 27 heavy (non-hydrogen) atoms. The molecule has 0 atom stereocenters. The van der Waals surface area contributed by atoms with Crippen LogP contribution in [0.4, 0.5) is 0 Å². The fourth-order valence-corrected chi connectivity index (χ4v) is 2.64. The molecule has 1 N–H and O–H groups in total. The Kier molecular flexibility index (Phi) is 6.66. The van der Waals surface area contributed by atoms with Crippen molar-refractivity contribution in [2.45, 2.75) is 33.0 Å². The van der Waals surface area contributed by atoms with Crippen LogP contribution in [0.2, 0.25) is 0 Å². The Labute approximate surface area is 159 Å². The number of benzene rings is 1. The lowest BCUT2D eigenvalue weighted by molar-refractivity contribution is 0.0470. The van der Waals surface area contributed by atoms with Crippen LogP contribution in [0, 0.1) is 0 Å². The lowest BCUT2D eigenvalue weighted by atomic mass is 10.2. The van der Waals surface area contributed by atoms with Crippen molar-refractivity contribution in [3.05, 3.63) is 95.1 Å². The van der Waals surface area contributed by atoms with Gasteiger partial charge in [0.2, 0.25) is 0 Å². The van der Waals surface area contributed by atoms with Crippen LogP contribution in [0.1, 0.15) is 39.8 Å². The van der Waals surface area contributed by atoms with Gasteiger partial charge in [-0.05, 0) is 35.7 Å². The number of nitrogens with zero attached hydrogens (tertiary/aromatic N) is 2. The molecule has 0 radical (unpaired) electrons. The summed E-state index contributed by atoms with van der Waals surface area (Å²) < 4.78 is 5.43. The lowest BCUT2D eigenvalue weighted by Gasteiger charge is -2.10. The van der Waals surface area contributed by atoms with Crippen LogP contribution in [0.3, 0.4) is 0 Å². The summed E-state index contributed by atoms with van der Waals surface area (Å²) in [5.74, 6) is -0.367. The zero-order valence-corrected chi connectivity index (χ0v) is 15.4. The predicted molar refractivity (Wildman–Crippen MR) is 104 cm³/mol. The molecule has 0 aliphatic carbocycles. The molecule has 1 aromatic carbocycles. The van der Waals surface area contributed by atoms with E-state index in [4.69, 9.17) is 4.74 Å². The highest BCUT2D eigenvalue weighted by Crippen LogP contribution is 2.10. The molecular formula is C22H23N3O2. The summed E-state index contributed by atoms with van der Waals surface area (Å²) in [5.41, 5.74) is 4.27. The molecule has 0 saturated carbocycles. The van der Waals surface area contributed by atoms with Crippen LogP contribution in [0.5, 0.6) is 0 Å². The standard InChI is InChI=1S/C22H23N3O2/c1-2-17-10-11-19(25-13-17)14-23-15-21-20(9-6-12-24-21)22(26)27-16-18-7-4-3-5-8-18/h3-13,23H,2,14-16H2,1H3. The van der Waals surface area contributed by atoms with Gasteiger partial charge in [0.1, 0.15) is 6.61 Å². The van der Waals surface area contributed by atoms with Crippen molar-refractivity contribution in [1.82, 2.24) is 15.3 Å². The normalized spacial score (nSPS) is 10.6. The van der Waals surface area contributed by atoms with Gasteiger partial charge in [0.15, 0.2) is 0 Å². The van der Waals surface area contributed by atoms with Gasteiger partial charge in [0.05, 0.1) is 17.0 Å². The third kappa shape index (κ3) is 5.46. The van der Waals surface area contributed by atoms with Crippen molar-refractivity contribution in [3.63, 3.8) is 0 Å². The van der Waals surface area contributed by atoms with Crippen LogP contribution in [-0.4, -0.2) is 15.9 Å². The molecular weight excluding hydrogens is 338 g/mol. The number of nitrogens with one attached hydrogen (secondary N) is 1. The van der Waals surface area contributed by atoms with E-state index in [1.807, 2.05) is 42.6 Å². The molecule has 5 heteroatoms. The van der Waals surface area contributed by atoms with E-state index < -0.39 is 0 Å². The Hall–Kier alpha value is -3.05. The molecule has 0 unspecified atom stereocenters. The Bertz CT molecular complexity index is 864. The van der Waals surface area contributed by atoms with E-state index in [-0.39, 0.29) is 12.6 Å². The number of rotatable bonds is 8. The van der Waals surface area contributed by atoms with Gasteiger partial charge in [-0.3, -0.25) is 9.97 Å². The van der Waals surface area contributed by atoms with Gasteiger partial charge in [0, 0.05) is 25.5 Å². The van der Waals surface area contributed by atoms with Crippen LogP contribution in [-0.2, 0) is 30.9 Å². The summed E-state index contributed by atoms with van der Waals surface area (Å²) in [6, 6.07) is 17.2. The van der Waals surface area contributed by atoms with Gasteiger partial charge in [-0.25, -0.2) is 4.79 Å². The van der Waals surface area contributed by atoms with E-state index in [0.29, 0.717) is 24.3 Å². The fourth-order valence-electron chi connectivity index (χ4n) is 2.64. The summed E-state index contributed by atoms with van der Waals surface area (Å²) in [6.45, 7) is 3.43. The van der Waals surface area contributed by atoms with Crippen LogP contribution in [0.25, 0.3) is 0 Å². The SMILES string of the molecule is CCc1ccc(CNCc2ncccc2C(=O)OCc2ccccc2)nc1. The van der Waals surface area contributed by atoms with Crippen molar-refractivity contribution >= 4 is 5.97 Å². The van der Waals surface area contributed by atoms with E-state index in [1.165, 1.54) is 5.56 Å². The quantitative estimate of drug-likeness (QED) is 0.620. The second kappa shape index (κ2) is 9.59. The molecule has 0 bridgehead atoms. The summed E-state index contributed by atoms with van der Waals surface area (Å²) >= 11 is 0. The maximum atomic E-state index is 12.4. The van der Waals surface area contributed by atoms with Crippen molar-refractivity contribution < 1.29 is 9.53 Å². The number of ether oxygens (including phenoxy) is 1. The largest absolute Gasteiger partial charge is 0.457 e. The number of carbonyl (C=O) groups is 1. The molecule has 0 saturated heterocycles. The number of hydrogen-bond donors (Lipinski definition) is 1. The van der Waals surface area contributed by atoms with E-state index >= 15 is 0 Å². The van der Waals surface area contributed by atoms with Gasteiger partial charge in [0.25, 0.3) is 0 Å². The molecule has 2 aromatic heterocycles. The first-order valence-electron chi connectivity index (χ1n) is 9.05. The number of esters is 1. The van der Waals surface area contributed by atoms with Gasteiger partial charge in [-0.2, -0.15) is 0 Å². The minimum Gasteiger partial charge on any atom is -0.457 e. The third-order valence-corrected chi connectivity index (χ3v) is 4.22. The molecule has 138 valence electrons. The highest BCUT2D eigenvalue weighted by atomic mass is 16.5. The monoisotopic (exact) mass is 361 g/mol. The molecule has 5 nitrogen and oxygen atoms in total.